The summed E-state index contributed by atoms with van der Waals surface area (Å²) in [5.41, 5.74) is 0.918. The van der Waals surface area contributed by atoms with Gasteiger partial charge in [0.05, 0.1) is 0 Å². The van der Waals surface area contributed by atoms with Crippen molar-refractivity contribution in [3.63, 3.8) is 0 Å². The summed E-state index contributed by atoms with van der Waals surface area (Å²) in [5.74, 6) is 0.562. The molecule has 5 heteroatoms. The van der Waals surface area contributed by atoms with E-state index in [0.29, 0.717) is 24.8 Å². The molecule has 2 aromatic rings. The highest BCUT2D eigenvalue weighted by atomic mass is 16.5. The topological polar surface area (TPSA) is 71.2 Å². The van der Waals surface area contributed by atoms with Gasteiger partial charge in [-0.15, -0.1) is 0 Å². The maximum absolute atomic E-state index is 8.62. The molecule has 1 aromatic heterocycles. The molecule has 0 radical (unpaired) electrons. The standard InChI is InChI=1S/C11H13N3O2/c15-8-4-7-12-11-13-10(14-16-11)9-5-2-1-3-6-9/h1-3,5-6,15H,4,7-8H2,(H,12,13,14). The largest absolute Gasteiger partial charge is 0.396 e. The van der Waals surface area contributed by atoms with Crippen molar-refractivity contribution in [1.82, 2.24) is 10.1 Å². The van der Waals surface area contributed by atoms with Crippen molar-refractivity contribution in [3.8, 4) is 11.4 Å². The highest BCUT2D eigenvalue weighted by Crippen LogP contribution is 2.16. The second-order valence-corrected chi connectivity index (χ2v) is 3.29. The fourth-order valence-electron chi connectivity index (χ4n) is 1.27. The van der Waals surface area contributed by atoms with Crippen molar-refractivity contribution in [2.75, 3.05) is 18.5 Å². The predicted molar refractivity (Wildman–Crippen MR) is 59.9 cm³/mol. The van der Waals surface area contributed by atoms with Gasteiger partial charge >= 0.3 is 6.01 Å². The monoisotopic (exact) mass is 219 g/mol. The van der Waals surface area contributed by atoms with Gasteiger partial charge < -0.3 is 14.9 Å². The number of hydrogen-bond acceptors (Lipinski definition) is 5. The van der Waals surface area contributed by atoms with E-state index in [2.05, 4.69) is 15.5 Å². The molecule has 0 amide bonds. The van der Waals surface area contributed by atoms with Crippen LogP contribution in [0.15, 0.2) is 34.9 Å². The van der Waals surface area contributed by atoms with Gasteiger partial charge in [0.1, 0.15) is 0 Å². The third-order valence-electron chi connectivity index (χ3n) is 2.07. The van der Waals surface area contributed by atoms with E-state index in [4.69, 9.17) is 9.63 Å². The summed E-state index contributed by atoms with van der Waals surface area (Å²) in [6.45, 7) is 0.763. The first kappa shape index (κ1) is 10.6. The second-order valence-electron chi connectivity index (χ2n) is 3.29. The molecule has 0 saturated heterocycles. The van der Waals surface area contributed by atoms with Gasteiger partial charge in [0.2, 0.25) is 5.82 Å². The molecule has 0 saturated carbocycles. The number of hydrogen-bond donors (Lipinski definition) is 2. The highest BCUT2D eigenvalue weighted by Gasteiger charge is 2.06. The minimum atomic E-state index is 0.146. The quantitative estimate of drug-likeness (QED) is 0.746. The van der Waals surface area contributed by atoms with Gasteiger partial charge in [0.25, 0.3) is 0 Å². The van der Waals surface area contributed by atoms with Crippen LogP contribution in [0.25, 0.3) is 11.4 Å². The van der Waals surface area contributed by atoms with Crippen molar-refractivity contribution in [1.29, 1.82) is 0 Å². The van der Waals surface area contributed by atoms with E-state index in [1.165, 1.54) is 0 Å². The maximum Gasteiger partial charge on any atom is 0.321 e. The number of aliphatic hydroxyl groups excluding tert-OH is 1. The fourth-order valence-corrected chi connectivity index (χ4v) is 1.27. The summed E-state index contributed by atoms with van der Waals surface area (Å²) in [4.78, 5) is 4.18. The molecule has 0 aliphatic heterocycles. The summed E-state index contributed by atoms with van der Waals surface area (Å²) in [7, 11) is 0. The van der Waals surface area contributed by atoms with Crippen LogP contribution in [-0.4, -0.2) is 28.4 Å². The van der Waals surface area contributed by atoms with E-state index in [9.17, 15) is 0 Å². The smallest absolute Gasteiger partial charge is 0.321 e. The molecule has 1 aromatic carbocycles. The zero-order chi connectivity index (χ0) is 11.2. The third-order valence-corrected chi connectivity index (χ3v) is 2.07. The minimum Gasteiger partial charge on any atom is -0.396 e. The fraction of sp³-hybridized carbons (Fsp3) is 0.273. The van der Waals surface area contributed by atoms with E-state index >= 15 is 0 Å². The average molecular weight is 219 g/mol. The first-order chi connectivity index (χ1) is 7.90. The number of nitrogens with zero attached hydrogens (tertiary/aromatic N) is 2. The highest BCUT2D eigenvalue weighted by molar-refractivity contribution is 5.54. The summed E-state index contributed by atoms with van der Waals surface area (Å²) in [5, 5.41) is 15.4. The van der Waals surface area contributed by atoms with Crippen molar-refractivity contribution < 1.29 is 9.63 Å². The Bertz CT molecular complexity index is 428. The van der Waals surface area contributed by atoms with E-state index in [1.54, 1.807) is 0 Å². The lowest BCUT2D eigenvalue weighted by Gasteiger charge is -1.96. The van der Waals surface area contributed by atoms with Crippen LogP contribution in [-0.2, 0) is 0 Å². The lowest BCUT2D eigenvalue weighted by molar-refractivity contribution is 0.292. The first-order valence-corrected chi connectivity index (χ1v) is 5.14. The summed E-state index contributed by atoms with van der Waals surface area (Å²) < 4.78 is 5.01. The molecule has 0 bridgehead atoms. The van der Waals surface area contributed by atoms with Crippen LogP contribution in [0.4, 0.5) is 6.01 Å². The lowest BCUT2D eigenvalue weighted by atomic mass is 10.2. The van der Waals surface area contributed by atoms with E-state index in [-0.39, 0.29) is 6.61 Å². The Morgan fingerprint density at radius 2 is 2.06 bits per heavy atom. The SMILES string of the molecule is OCCCNc1nc(-c2ccccc2)no1. The third kappa shape index (κ3) is 2.58. The van der Waals surface area contributed by atoms with E-state index in [0.717, 1.165) is 5.56 Å². The zero-order valence-electron chi connectivity index (χ0n) is 8.76. The second kappa shape index (κ2) is 5.27. The summed E-state index contributed by atoms with van der Waals surface area (Å²) in [6.07, 6.45) is 0.656. The molecule has 0 spiro atoms. The van der Waals surface area contributed by atoms with Crippen LogP contribution in [0.1, 0.15) is 6.42 Å². The van der Waals surface area contributed by atoms with Crippen molar-refractivity contribution in [2.45, 2.75) is 6.42 Å². The van der Waals surface area contributed by atoms with Gasteiger partial charge in [-0.25, -0.2) is 0 Å². The molecule has 84 valence electrons. The molecule has 2 rings (SSSR count). The number of rotatable bonds is 5. The Hall–Kier alpha value is -1.88. The van der Waals surface area contributed by atoms with Crippen LogP contribution in [0.5, 0.6) is 0 Å². The van der Waals surface area contributed by atoms with Crippen molar-refractivity contribution >= 4 is 6.01 Å². The van der Waals surface area contributed by atoms with Gasteiger partial charge in [-0.3, -0.25) is 0 Å². The average Bonchev–Trinajstić information content (AvgIpc) is 2.79. The Morgan fingerprint density at radius 3 is 2.81 bits per heavy atom. The molecule has 0 aliphatic carbocycles. The molecule has 0 aliphatic rings. The lowest BCUT2D eigenvalue weighted by Crippen LogP contribution is -2.03. The van der Waals surface area contributed by atoms with Crippen LogP contribution >= 0.6 is 0 Å². The molecular weight excluding hydrogens is 206 g/mol. The van der Waals surface area contributed by atoms with Gasteiger partial charge in [0, 0.05) is 18.7 Å². The number of aromatic nitrogens is 2. The Morgan fingerprint density at radius 1 is 1.25 bits per heavy atom. The number of nitrogens with one attached hydrogen (secondary N) is 1. The van der Waals surface area contributed by atoms with E-state index < -0.39 is 0 Å². The van der Waals surface area contributed by atoms with Gasteiger partial charge in [0.15, 0.2) is 0 Å². The van der Waals surface area contributed by atoms with Crippen molar-refractivity contribution in [2.24, 2.45) is 0 Å². The normalized spacial score (nSPS) is 10.3. The summed E-state index contributed by atoms with van der Waals surface area (Å²) >= 11 is 0. The van der Waals surface area contributed by atoms with Crippen molar-refractivity contribution in [3.05, 3.63) is 30.3 Å². The predicted octanol–water partition coefficient (Wildman–Crippen LogP) is 1.53. The number of benzene rings is 1. The zero-order valence-corrected chi connectivity index (χ0v) is 8.76. The molecule has 5 nitrogen and oxygen atoms in total. The Kier molecular flexibility index (Phi) is 3.50. The van der Waals surface area contributed by atoms with E-state index in [1.807, 2.05) is 30.3 Å². The molecule has 2 N–H and O–H groups in total. The Balaban J connectivity index is 2.02. The maximum atomic E-state index is 8.62. The van der Waals surface area contributed by atoms with Crippen LogP contribution < -0.4 is 5.32 Å². The molecule has 0 unspecified atom stereocenters. The van der Waals surface area contributed by atoms with Gasteiger partial charge in [-0.2, -0.15) is 4.98 Å². The molecule has 0 atom stereocenters. The van der Waals surface area contributed by atoms with Crippen LogP contribution in [0, 0.1) is 0 Å². The molecule has 16 heavy (non-hydrogen) atoms. The van der Waals surface area contributed by atoms with Gasteiger partial charge in [-0.05, 0) is 6.42 Å². The molecule has 0 fully saturated rings. The van der Waals surface area contributed by atoms with Crippen LogP contribution in [0.2, 0.25) is 0 Å². The number of anilines is 1. The Labute approximate surface area is 93.1 Å². The first-order valence-electron chi connectivity index (χ1n) is 5.14. The molecule has 1 heterocycles. The minimum absolute atomic E-state index is 0.146. The van der Waals surface area contributed by atoms with Gasteiger partial charge in [-0.1, -0.05) is 35.5 Å². The van der Waals surface area contributed by atoms with Crippen LogP contribution in [0.3, 0.4) is 0 Å². The summed E-state index contributed by atoms with van der Waals surface area (Å²) in [6, 6.07) is 10.00. The molecular formula is C11H13N3O2. The number of aliphatic hydroxyl groups is 1.